The SMILES string of the molecule is C=C(C)C(=O)OC(C)CCOC(=O)C1C=CCCC1C(=O)OCCC(C)OC(=O)C(=C)C. The van der Waals surface area contributed by atoms with Crippen molar-refractivity contribution in [3.05, 3.63) is 36.5 Å². The number of ether oxygens (including phenoxy) is 4. The van der Waals surface area contributed by atoms with Gasteiger partial charge in [-0.15, -0.1) is 0 Å². The third-order valence-electron chi connectivity index (χ3n) is 4.85. The lowest BCUT2D eigenvalue weighted by Gasteiger charge is -2.25. The number of hydrogen-bond acceptors (Lipinski definition) is 8. The quantitative estimate of drug-likeness (QED) is 0.193. The summed E-state index contributed by atoms with van der Waals surface area (Å²) in [6, 6.07) is 0. The molecule has 178 valence electrons. The Kier molecular flexibility index (Phi) is 11.4. The Hall–Kier alpha value is -2.90. The van der Waals surface area contributed by atoms with Crippen LogP contribution in [0.4, 0.5) is 0 Å². The molecule has 0 saturated carbocycles. The van der Waals surface area contributed by atoms with Gasteiger partial charge in [-0.2, -0.15) is 0 Å². The summed E-state index contributed by atoms with van der Waals surface area (Å²) in [6.07, 6.45) is 4.44. The van der Waals surface area contributed by atoms with E-state index in [2.05, 4.69) is 13.2 Å². The van der Waals surface area contributed by atoms with E-state index in [1.807, 2.05) is 6.08 Å². The van der Waals surface area contributed by atoms with Gasteiger partial charge in [-0.05, 0) is 40.5 Å². The fourth-order valence-electron chi connectivity index (χ4n) is 2.88. The summed E-state index contributed by atoms with van der Waals surface area (Å²) in [6.45, 7) is 13.7. The fraction of sp³-hybridized carbons (Fsp3) is 0.583. The third-order valence-corrected chi connectivity index (χ3v) is 4.85. The van der Waals surface area contributed by atoms with E-state index in [0.29, 0.717) is 36.8 Å². The average Bonchev–Trinajstić information content (AvgIpc) is 2.73. The van der Waals surface area contributed by atoms with E-state index in [0.717, 1.165) is 0 Å². The molecule has 0 aromatic heterocycles. The van der Waals surface area contributed by atoms with Crippen molar-refractivity contribution in [1.82, 2.24) is 0 Å². The van der Waals surface area contributed by atoms with Gasteiger partial charge in [0.2, 0.25) is 0 Å². The molecule has 1 aliphatic carbocycles. The van der Waals surface area contributed by atoms with Crippen molar-refractivity contribution in [3.8, 4) is 0 Å². The van der Waals surface area contributed by atoms with Crippen molar-refractivity contribution in [2.24, 2.45) is 11.8 Å². The molecular weight excluding hydrogens is 416 g/mol. The first-order valence-corrected chi connectivity index (χ1v) is 10.8. The van der Waals surface area contributed by atoms with Gasteiger partial charge < -0.3 is 18.9 Å². The van der Waals surface area contributed by atoms with Crippen LogP contribution in [0.3, 0.4) is 0 Å². The Morgan fingerprint density at radius 1 is 0.875 bits per heavy atom. The van der Waals surface area contributed by atoms with Crippen molar-refractivity contribution < 1.29 is 38.1 Å². The van der Waals surface area contributed by atoms with Crippen LogP contribution in [0.1, 0.15) is 53.4 Å². The number of rotatable bonds is 12. The molecule has 8 heteroatoms. The molecule has 0 aromatic carbocycles. The van der Waals surface area contributed by atoms with Gasteiger partial charge >= 0.3 is 23.9 Å². The molecule has 0 amide bonds. The third kappa shape index (κ3) is 9.49. The lowest BCUT2D eigenvalue weighted by atomic mass is 9.84. The molecule has 0 radical (unpaired) electrons. The minimum Gasteiger partial charge on any atom is -0.465 e. The molecule has 0 aromatic rings. The fourth-order valence-corrected chi connectivity index (χ4v) is 2.88. The Labute approximate surface area is 189 Å². The molecule has 4 atom stereocenters. The van der Waals surface area contributed by atoms with Crippen LogP contribution in [-0.4, -0.2) is 49.3 Å². The van der Waals surface area contributed by atoms with E-state index in [9.17, 15) is 19.2 Å². The highest BCUT2D eigenvalue weighted by Crippen LogP contribution is 2.27. The number of allylic oxidation sites excluding steroid dienone is 1. The molecule has 0 bridgehead atoms. The summed E-state index contributed by atoms with van der Waals surface area (Å²) in [5.74, 6) is -3.37. The Bertz CT molecular complexity index is 751. The van der Waals surface area contributed by atoms with Gasteiger partial charge in [0.1, 0.15) is 12.2 Å². The molecule has 0 N–H and O–H groups in total. The van der Waals surface area contributed by atoms with Crippen molar-refractivity contribution in [1.29, 1.82) is 0 Å². The molecule has 1 aliphatic rings. The van der Waals surface area contributed by atoms with Gasteiger partial charge in [-0.1, -0.05) is 25.3 Å². The van der Waals surface area contributed by atoms with E-state index < -0.39 is 47.9 Å². The van der Waals surface area contributed by atoms with E-state index in [1.165, 1.54) is 0 Å². The van der Waals surface area contributed by atoms with Crippen molar-refractivity contribution >= 4 is 23.9 Å². The van der Waals surface area contributed by atoms with Crippen molar-refractivity contribution in [2.75, 3.05) is 13.2 Å². The second-order valence-electron chi connectivity index (χ2n) is 8.04. The molecule has 0 aliphatic heterocycles. The maximum atomic E-state index is 12.5. The molecule has 0 spiro atoms. The summed E-state index contributed by atoms with van der Waals surface area (Å²) in [4.78, 5) is 48.1. The summed E-state index contributed by atoms with van der Waals surface area (Å²) < 4.78 is 20.9. The second kappa shape index (κ2) is 13.5. The van der Waals surface area contributed by atoms with Gasteiger partial charge in [0.15, 0.2) is 0 Å². The van der Waals surface area contributed by atoms with E-state index in [-0.39, 0.29) is 13.2 Å². The maximum Gasteiger partial charge on any atom is 0.333 e. The van der Waals surface area contributed by atoms with Crippen LogP contribution in [0.5, 0.6) is 0 Å². The predicted molar refractivity (Wildman–Crippen MR) is 117 cm³/mol. The molecule has 0 fully saturated rings. The van der Waals surface area contributed by atoms with Crippen LogP contribution in [0, 0.1) is 11.8 Å². The summed E-state index contributed by atoms with van der Waals surface area (Å²) in [5, 5.41) is 0. The first-order valence-electron chi connectivity index (χ1n) is 10.8. The highest BCUT2D eigenvalue weighted by atomic mass is 16.6. The smallest absolute Gasteiger partial charge is 0.333 e. The van der Waals surface area contributed by atoms with Crippen LogP contribution in [-0.2, 0) is 38.1 Å². The number of carbonyl (C=O) groups is 4. The summed E-state index contributed by atoms with van der Waals surface area (Å²) in [7, 11) is 0. The van der Waals surface area contributed by atoms with Gasteiger partial charge in [0, 0.05) is 24.0 Å². The lowest BCUT2D eigenvalue weighted by molar-refractivity contribution is -0.161. The first kappa shape index (κ1) is 27.1. The Morgan fingerprint density at radius 2 is 1.34 bits per heavy atom. The zero-order valence-electron chi connectivity index (χ0n) is 19.4. The topological polar surface area (TPSA) is 105 Å². The summed E-state index contributed by atoms with van der Waals surface area (Å²) >= 11 is 0. The lowest BCUT2D eigenvalue weighted by Crippen LogP contribution is -2.34. The monoisotopic (exact) mass is 450 g/mol. The first-order chi connectivity index (χ1) is 15.0. The maximum absolute atomic E-state index is 12.5. The van der Waals surface area contributed by atoms with E-state index >= 15 is 0 Å². The average molecular weight is 451 g/mol. The van der Waals surface area contributed by atoms with Crippen molar-refractivity contribution in [2.45, 2.75) is 65.6 Å². The zero-order valence-corrected chi connectivity index (χ0v) is 19.4. The Balaban J connectivity index is 2.47. The molecule has 4 unspecified atom stereocenters. The molecule has 8 nitrogen and oxygen atoms in total. The molecule has 32 heavy (non-hydrogen) atoms. The van der Waals surface area contributed by atoms with Gasteiger partial charge in [-0.25, -0.2) is 9.59 Å². The molecular formula is C24H34O8. The van der Waals surface area contributed by atoms with Crippen LogP contribution >= 0.6 is 0 Å². The number of esters is 4. The summed E-state index contributed by atoms with van der Waals surface area (Å²) in [5.41, 5.74) is 0.596. The second-order valence-corrected chi connectivity index (χ2v) is 8.04. The van der Waals surface area contributed by atoms with Crippen LogP contribution < -0.4 is 0 Å². The van der Waals surface area contributed by atoms with Crippen LogP contribution in [0.15, 0.2) is 36.5 Å². The minimum absolute atomic E-state index is 0.0567. The van der Waals surface area contributed by atoms with Crippen LogP contribution in [0.2, 0.25) is 0 Å². The van der Waals surface area contributed by atoms with E-state index in [4.69, 9.17) is 18.9 Å². The van der Waals surface area contributed by atoms with Crippen molar-refractivity contribution in [3.63, 3.8) is 0 Å². The molecule has 0 saturated heterocycles. The predicted octanol–water partition coefficient (Wildman–Crippen LogP) is 3.45. The van der Waals surface area contributed by atoms with Gasteiger partial charge in [-0.3, -0.25) is 9.59 Å². The van der Waals surface area contributed by atoms with E-state index in [1.54, 1.807) is 33.8 Å². The minimum atomic E-state index is -0.733. The zero-order chi connectivity index (χ0) is 24.3. The number of carbonyl (C=O) groups excluding carboxylic acids is 4. The highest BCUT2D eigenvalue weighted by Gasteiger charge is 2.35. The molecule has 1 rings (SSSR count). The van der Waals surface area contributed by atoms with Crippen LogP contribution in [0.25, 0.3) is 0 Å². The number of hydrogen-bond donors (Lipinski definition) is 0. The normalized spacial score (nSPS) is 19.2. The van der Waals surface area contributed by atoms with Gasteiger partial charge in [0.05, 0.1) is 25.0 Å². The van der Waals surface area contributed by atoms with Gasteiger partial charge in [0.25, 0.3) is 0 Å². The Morgan fingerprint density at radius 3 is 1.81 bits per heavy atom. The highest BCUT2D eigenvalue weighted by molar-refractivity contribution is 5.87. The standard InChI is InChI=1S/C24H34O8/c1-15(2)21(25)31-17(5)11-13-29-23(27)19-9-7-8-10-20(19)24(28)30-14-12-18(6)32-22(26)16(3)4/h7,9,17-20H,1,3,8,10-14H2,2,4-6H3. The largest absolute Gasteiger partial charge is 0.465 e. The molecule has 0 heterocycles.